The van der Waals surface area contributed by atoms with E-state index in [1.807, 2.05) is 0 Å². The number of hydrogen-bond donors (Lipinski definition) is 0. The summed E-state index contributed by atoms with van der Waals surface area (Å²) >= 11 is 0. The highest BCUT2D eigenvalue weighted by Gasteiger charge is 2.22. The molecule has 18 heavy (non-hydrogen) atoms. The maximum Gasteiger partial charge on any atom is 0.133 e. The lowest BCUT2D eigenvalue weighted by Gasteiger charge is -2.23. The summed E-state index contributed by atoms with van der Waals surface area (Å²) in [6.07, 6.45) is 3.71. The smallest absolute Gasteiger partial charge is 0.133 e. The van der Waals surface area contributed by atoms with Gasteiger partial charge in [-0.1, -0.05) is 42.0 Å². The van der Waals surface area contributed by atoms with E-state index in [4.69, 9.17) is 0 Å². The van der Waals surface area contributed by atoms with Crippen molar-refractivity contribution in [1.29, 1.82) is 0 Å². The van der Waals surface area contributed by atoms with Gasteiger partial charge in [-0.15, -0.1) is 0 Å². The fourth-order valence-corrected chi connectivity index (χ4v) is 3.12. The number of hydrogen-bond acceptors (Lipinski definition) is 1. The molecule has 1 nitrogen and oxygen atoms in total. The van der Waals surface area contributed by atoms with Crippen molar-refractivity contribution in [3.63, 3.8) is 0 Å². The molecule has 1 aliphatic carbocycles. The Labute approximate surface area is 108 Å². The van der Waals surface area contributed by atoms with Gasteiger partial charge >= 0.3 is 0 Å². The first-order chi connectivity index (χ1) is 8.74. The van der Waals surface area contributed by atoms with Crippen molar-refractivity contribution in [2.45, 2.75) is 38.5 Å². The Morgan fingerprint density at radius 2 is 2.00 bits per heavy atom. The molecule has 1 saturated carbocycles. The minimum absolute atomic E-state index is 0.427. The van der Waals surface area contributed by atoms with Crippen LogP contribution in [0.25, 0.3) is 10.8 Å². The van der Waals surface area contributed by atoms with E-state index in [0.717, 1.165) is 25.7 Å². The molecule has 0 radical (unpaired) electrons. The normalized spacial score (nSPS) is 20.3. The van der Waals surface area contributed by atoms with Crippen molar-refractivity contribution in [2.24, 2.45) is 0 Å². The summed E-state index contributed by atoms with van der Waals surface area (Å²) < 4.78 is 0. The number of aryl methyl sites for hydroxylation is 1. The molecule has 1 unspecified atom stereocenters. The van der Waals surface area contributed by atoms with Gasteiger partial charge in [0.2, 0.25) is 0 Å². The number of carbonyl (C=O) groups excluding carboxylic acids is 1. The first-order valence-electron chi connectivity index (χ1n) is 6.75. The molecule has 0 bridgehead atoms. The zero-order chi connectivity index (χ0) is 12.5. The molecule has 2 aromatic rings. The molecule has 1 atom stereocenters. The van der Waals surface area contributed by atoms with Crippen LogP contribution < -0.4 is 0 Å². The molecular weight excluding hydrogens is 220 g/mol. The first-order valence-corrected chi connectivity index (χ1v) is 6.75. The summed E-state index contributed by atoms with van der Waals surface area (Å²) in [5.74, 6) is 0.855. The summed E-state index contributed by atoms with van der Waals surface area (Å²) in [6, 6.07) is 13.0. The highest BCUT2D eigenvalue weighted by atomic mass is 16.1. The largest absolute Gasteiger partial charge is 0.300 e. The van der Waals surface area contributed by atoms with Gasteiger partial charge in [0.05, 0.1) is 0 Å². The van der Waals surface area contributed by atoms with Crippen LogP contribution in [0.3, 0.4) is 0 Å². The molecule has 1 aliphatic rings. The highest BCUT2D eigenvalue weighted by molar-refractivity contribution is 5.88. The van der Waals surface area contributed by atoms with Gasteiger partial charge in [0.15, 0.2) is 0 Å². The van der Waals surface area contributed by atoms with Gasteiger partial charge in [-0.05, 0) is 42.0 Å². The summed E-state index contributed by atoms with van der Waals surface area (Å²) in [7, 11) is 0. The van der Waals surface area contributed by atoms with Gasteiger partial charge in [-0.2, -0.15) is 0 Å². The minimum atomic E-state index is 0.427. The Hall–Kier alpha value is -1.63. The van der Waals surface area contributed by atoms with E-state index in [1.165, 1.54) is 21.9 Å². The number of Topliss-reactive ketones (excluding diaryl/α,β-unsaturated/α-hetero) is 1. The minimum Gasteiger partial charge on any atom is -0.300 e. The zero-order valence-electron chi connectivity index (χ0n) is 10.8. The second kappa shape index (κ2) is 4.56. The van der Waals surface area contributed by atoms with Gasteiger partial charge < -0.3 is 0 Å². The Balaban J connectivity index is 2.12. The number of fused-ring (bicyclic) bond motifs is 1. The third-order valence-corrected chi connectivity index (χ3v) is 3.96. The zero-order valence-corrected chi connectivity index (χ0v) is 10.8. The van der Waals surface area contributed by atoms with Gasteiger partial charge in [-0.3, -0.25) is 4.79 Å². The third kappa shape index (κ3) is 2.05. The van der Waals surface area contributed by atoms with E-state index < -0.39 is 0 Å². The molecule has 1 heteroatoms. The number of carbonyl (C=O) groups is 1. The predicted octanol–water partition coefficient (Wildman–Crippen LogP) is 4.37. The molecule has 0 saturated heterocycles. The Morgan fingerprint density at radius 3 is 2.83 bits per heavy atom. The fraction of sp³-hybridized carbons (Fsp3) is 0.353. The van der Waals surface area contributed by atoms with Crippen LogP contribution in [0.5, 0.6) is 0 Å². The second-order valence-electron chi connectivity index (χ2n) is 5.41. The van der Waals surface area contributed by atoms with Crippen LogP contribution in [0.1, 0.15) is 42.7 Å². The van der Waals surface area contributed by atoms with E-state index in [0.29, 0.717) is 11.7 Å². The molecule has 3 rings (SSSR count). The molecule has 0 aliphatic heterocycles. The van der Waals surface area contributed by atoms with Crippen molar-refractivity contribution < 1.29 is 4.79 Å². The van der Waals surface area contributed by atoms with Crippen LogP contribution in [-0.2, 0) is 4.79 Å². The lowest BCUT2D eigenvalue weighted by atomic mass is 9.81. The molecule has 0 N–H and O–H groups in total. The topological polar surface area (TPSA) is 17.1 Å². The van der Waals surface area contributed by atoms with Crippen molar-refractivity contribution in [2.75, 3.05) is 0 Å². The van der Waals surface area contributed by atoms with E-state index in [-0.39, 0.29) is 0 Å². The molecular formula is C17H18O. The van der Waals surface area contributed by atoms with Gasteiger partial charge in [0.1, 0.15) is 5.78 Å². The lowest BCUT2D eigenvalue weighted by molar-refractivity contribution is -0.120. The fourth-order valence-electron chi connectivity index (χ4n) is 3.12. The summed E-state index contributed by atoms with van der Waals surface area (Å²) in [5, 5.41) is 2.62. The average molecular weight is 238 g/mol. The summed E-state index contributed by atoms with van der Waals surface area (Å²) in [5.41, 5.74) is 2.67. The second-order valence-corrected chi connectivity index (χ2v) is 5.41. The van der Waals surface area contributed by atoms with Crippen LogP contribution in [0.4, 0.5) is 0 Å². The molecule has 0 amide bonds. The molecule has 92 valence electrons. The third-order valence-electron chi connectivity index (χ3n) is 3.96. The highest BCUT2D eigenvalue weighted by Crippen LogP contribution is 2.35. The monoisotopic (exact) mass is 238 g/mol. The Morgan fingerprint density at radius 1 is 1.17 bits per heavy atom. The molecule has 0 aromatic heterocycles. The van der Waals surface area contributed by atoms with Gasteiger partial charge in [0, 0.05) is 12.8 Å². The molecule has 1 fully saturated rings. The Bertz CT molecular complexity index is 598. The average Bonchev–Trinajstić information content (AvgIpc) is 2.37. The molecule has 2 aromatic carbocycles. The van der Waals surface area contributed by atoms with E-state index >= 15 is 0 Å². The van der Waals surface area contributed by atoms with E-state index in [2.05, 4.69) is 43.3 Å². The van der Waals surface area contributed by atoms with Crippen LogP contribution in [0, 0.1) is 6.92 Å². The summed E-state index contributed by atoms with van der Waals surface area (Å²) in [6.45, 7) is 2.14. The van der Waals surface area contributed by atoms with Crippen molar-refractivity contribution in [3.8, 4) is 0 Å². The Kier molecular flexibility index (Phi) is 2.91. The van der Waals surface area contributed by atoms with E-state index in [9.17, 15) is 4.79 Å². The van der Waals surface area contributed by atoms with Crippen LogP contribution in [0.15, 0.2) is 36.4 Å². The lowest BCUT2D eigenvalue weighted by Crippen LogP contribution is -2.13. The number of rotatable bonds is 1. The van der Waals surface area contributed by atoms with Crippen molar-refractivity contribution in [1.82, 2.24) is 0 Å². The van der Waals surface area contributed by atoms with Crippen molar-refractivity contribution >= 4 is 16.6 Å². The van der Waals surface area contributed by atoms with Crippen LogP contribution in [-0.4, -0.2) is 5.78 Å². The quantitative estimate of drug-likeness (QED) is 0.720. The summed E-state index contributed by atoms with van der Waals surface area (Å²) in [4.78, 5) is 11.7. The first kappa shape index (κ1) is 11.5. The van der Waals surface area contributed by atoms with Gasteiger partial charge in [-0.25, -0.2) is 0 Å². The molecule has 0 heterocycles. The van der Waals surface area contributed by atoms with Crippen LogP contribution >= 0.6 is 0 Å². The number of ketones is 1. The standard InChI is InChI=1S/C17H18O/c1-12-9-13-5-2-3-8-16(13)17(10-12)14-6-4-7-15(18)11-14/h2-3,5,8-10,14H,4,6-7,11H2,1H3. The van der Waals surface area contributed by atoms with Crippen LogP contribution in [0.2, 0.25) is 0 Å². The predicted molar refractivity (Wildman–Crippen MR) is 74.9 cm³/mol. The SMILES string of the molecule is Cc1cc(C2CCCC(=O)C2)c2ccccc2c1. The maximum absolute atomic E-state index is 11.7. The van der Waals surface area contributed by atoms with Crippen molar-refractivity contribution in [3.05, 3.63) is 47.5 Å². The number of benzene rings is 2. The maximum atomic E-state index is 11.7. The molecule has 0 spiro atoms. The van der Waals surface area contributed by atoms with E-state index in [1.54, 1.807) is 0 Å². The van der Waals surface area contributed by atoms with Gasteiger partial charge in [0.25, 0.3) is 0 Å².